The average molecular weight is 914 g/mol. The number of esters is 3. The summed E-state index contributed by atoms with van der Waals surface area (Å²) in [4.78, 5) is 37.7. The Morgan fingerprint density at radius 2 is 0.600 bits per heavy atom. The molecule has 0 aromatic rings. The first-order valence-electron chi connectivity index (χ1n) is 28.5. The van der Waals surface area contributed by atoms with Crippen LogP contribution in [0.25, 0.3) is 0 Å². The Morgan fingerprint density at radius 1 is 0.323 bits per heavy atom. The zero-order valence-corrected chi connectivity index (χ0v) is 43.5. The van der Waals surface area contributed by atoms with Crippen LogP contribution >= 0.6 is 0 Å². The van der Waals surface area contributed by atoms with Gasteiger partial charge in [-0.3, -0.25) is 14.4 Å². The molecule has 0 fully saturated rings. The first-order chi connectivity index (χ1) is 32.0. The summed E-state index contributed by atoms with van der Waals surface area (Å²) in [6, 6.07) is 0. The van der Waals surface area contributed by atoms with Gasteiger partial charge in [0.15, 0.2) is 6.10 Å². The maximum absolute atomic E-state index is 12.7. The molecule has 0 N–H and O–H groups in total. The van der Waals surface area contributed by atoms with Crippen molar-refractivity contribution in [2.24, 2.45) is 0 Å². The third kappa shape index (κ3) is 52.5. The topological polar surface area (TPSA) is 78.9 Å². The Hall–Kier alpha value is -2.37. The predicted octanol–water partition coefficient (Wildman–Crippen LogP) is 18.9. The fourth-order valence-corrected chi connectivity index (χ4v) is 8.40. The highest BCUT2D eigenvalue weighted by molar-refractivity contribution is 5.71. The van der Waals surface area contributed by atoms with Crippen LogP contribution < -0.4 is 0 Å². The maximum Gasteiger partial charge on any atom is 0.306 e. The fourth-order valence-electron chi connectivity index (χ4n) is 8.40. The smallest absolute Gasteiger partial charge is 0.306 e. The van der Waals surface area contributed by atoms with Gasteiger partial charge in [-0.15, -0.1) is 0 Å². The van der Waals surface area contributed by atoms with Crippen LogP contribution in [-0.4, -0.2) is 37.2 Å². The van der Waals surface area contributed by atoms with Crippen molar-refractivity contribution in [2.45, 2.75) is 309 Å². The summed E-state index contributed by atoms with van der Waals surface area (Å²) in [5, 5.41) is 0. The van der Waals surface area contributed by atoms with E-state index in [0.29, 0.717) is 19.3 Å². The lowest BCUT2D eigenvalue weighted by Gasteiger charge is -2.18. The Kier molecular flexibility index (Phi) is 52.3. The molecule has 0 aliphatic rings. The van der Waals surface area contributed by atoms with E-state index in [2.05, 4.69) is 57.2 Å². The highest BCUT2D eigenvalue weighted by atomic mass is 16.6. The minimum atomic E-state index is -0.780. The molecule has 0 saturated heterocycles. The third-order valence-electron chi connectivity index (χ3n) is 12.7. The van der Waals surface area contributed by atoms with E-state index in [-0.39, 0.29) is 31.1 Å². The molecule has 6 heteroatoms. The number of ether oxygens (including phenoxy) is 3. The number of unbranched alkanes of at least 4 members (excludes halogenated alkanes) is 35. The van der Waals surface area contributed by atoms with Crippen LogP contribution in [0.4, 0.5) is 0 Å². The lowest BCUT2D eigenvalue weighted by atomic mass is 10.0. The minimum absolute atomic E-state index is 0.0808. The van der Waals surface area contributed by atoms with Crippen LogP contribution in [0.2, 0.25) is 0 Å². The summed E-state index contributed by atoms with van der Waals surface area (Å²) in [6.45, 7) is 6.47. The molecule has 0 rings (SSSR count). The van der Waals surface area contributed by atoms with Gasteiger partial charge in [0, 0.05) is 19.3 Å². The Balaban J connectivity index is 3.99. The van der Waals surface area contributed by atoms with Crippen molar-refractivity contribution in [1.29, 1.82) is 0 Å². The van der Waals surface area contributed by atoms with E-state index in [1.807, 2.05) is 0 Å². The summed E-state index contributed by atoms with van der Waals surface area (Å²) in [5.41, 5.74) is 0. The highest BCUT2D eigenvalue weighted by Gasteiger charge is 2.19. The Labute approximate surface area is 404 Å². The Morgan fingerprint density at radius 3 is 0.938 bits per heavy atom. The van der Waals surface area contributed by atoms with Gasteiger partial charge in [0.1, 0.15) is 13.2 Å². The zero-order valence-electron chi connectivity index (χ0n) is 43.5. The molecular formula is C59H108O6. The van der Waals surface area contributed by atoms with E-state index in [0.717, 1.165) is 83.5 Å². The van der Waals surface area contributed by atoms with Gasteiger partial charge in [0.05, 0.1) is 0 Å². The standard InChI is InChI=1S/C59H108O6/c1-4-7-10-13-16-18-20-22-23-24-25-26-27-28-29-30-31-32-33-34-35-36-38-39-41-43-46-49-52-58(61)64-55-56(54-63-57(60)51-48-45-15-12-9-6-3)65-59(62)53-50-47-44-42-40-37-21-19-17-14-11-8-5-2/h8,11,17,19,37,40,56H,4-7,9-10,12-16,18,20-36,38-39,41-55H2,1-3H3/b11-8-,19-17-,40-37-. The van der Waals surface area contributed by atoms with E-state index >= 15 is 0 Å². The van der Waals surface area contributed by atoms with Crippen molar-refractivity contribution in [2.75, 3.05) is 13.2 Å². The lowest BCUT2D eigenvalue weighted by Crippen LogP contribution is -2.30. The van der Waals surface area contributed by atoms with E-state index in [4.69, 9.17) is 14.2 Å². The van der Waals surface area contributed by atoms with Crippen molar-refractivity contribution in [1.82, 2.24) is 0 Å². The maximum atomic E-state index is 12.7. The molecule has 0 bridgehead atoms. The molecule has 0 spiro atoms. The first kappa shape index (κ1) is 62.6. The quantitative estimate of drug-likeness (QED) is 0.0262. The number of allylic oxidation sites excluding steroid dienone is 6. The summed E-state index contributed by atoms with van der Waals surface area (Å²) in [5.74, 6) is -0.909. The SMILES string of the molecule is CC/C=C\C/C=C\C/C=C\CCCCCC(=O)OC(COC(=O)CCCCCCCC)COC(=O)CCCCCCCCCCCCCCCCCCCCCCCCCCCCCC. The molecule has 0 aromatic carbocycles. The third-order valence-corrected chi connectivity index (χ3v) is 12.7. The largest absolute Gasteiger partial charge is 0.462 e. The molecule has 1 unspecified atom stereocenters. The second kappa shape index (κ2) is 54.2. The van der Waals surface area contributed by atoms with Crippen LogP contribution in [0.15, 0.2) is 36.5 Å². The molecule has 380 valence electrons. The van der Waals surface area contributed by atoms with Gasteiger partial charge in [-0.25, -0.2) is 0 Å². The van der Waals surface area contributed by atoms with Crippen molar-refractivity contribution in [3.63, 3.8) is 0 Å². The number of carbonyl (C=O) groups excluding carboxylic acids is 3. The van der Waals surface area contributed by atoms with E-state index < -0.39 is 6.10 Å². The molecule has 0 aliphatic heterocycles. The minimum Gasteiger partial charge on any atom is -0.462 e. The number of hydrogen-bond acceptors (Lipinski definition) is 6. The van der Waals surface area contributed by atoms with Crippen LogP contribution in [0.3, 0.4) is 0 Å². The summed E-state index contributed by atoms with van der Waals surface area (Å²) in [7, 11) is 0. The highest BCUT2D eigenvalue weighted by Crippen LogP contribution is 2.17. The van der Waals surface area contributed by atoms with Crippen LogP contribution in [-0.2, 0) is 28.6 Å². The van der Waals surface area contributed by atoms with Gasteiger partial charge in [-0.05, 0) is 51.4 Å². The van der Waals surface area contributed by atoms with Crippen LogP contribution in [0.1, 0.15) is 303 Å². The van der Waals surface area contributed by atoms with Gasteiger partial charge in [-0.2, -0.15) is 0 Å². The molecule has 0 aromatic heterocycles. The van der Waals surface area contributed by atoms with Crippen molar-refractivity contribution >= 4 is 17.9 Å². The van der Waals surface area contributed by atoms with Crippen molar-refractivity contribution < 1.29 is 28.6 Å². The molecule has 0 aliphatic carbocycles. The fraction of sp³-hybridized carbons (Fsp3) is 0.847. The van der Waals surface area contributed by atoms with Crippen molar-refractivity contribution in [3.8, 4) is 0 Å². The number of carbonyl (C=O) groups is 3. The van der Waals surface area contributed by atoms with Gasteiger partial charge >= 0.3 is 17.9 Å². The van der Waals surface area contributed by atoms with Gasteiger partial charge in [0.2, 0.25) is 0 Å². The van der Waals surface area contributed by atoms with Crippen LogP contribution in [0, 0.1) is 0 Å². The molecule has 0 amide bonds. The van der Waals surface area contributed by atoms with Crippen molar-refractivity contribution in [3.05, 3.63) is 36.5 Å². The van der Waals surface area contributed by atoms with E-state index in [1.165, 1.54) is 180 Å². The summed E-state index contributed by atoms with van der Waals surface area (Å²) >= 11 is 0. The molecule has 0 radical (unpaired) electrons. The Bertz CT molecular complexity index is 1090. The first-order valence-corrected chi connectivity index (χ1v) is 28.5. The summed E-state index contributed by atoms with van der Waals surface area (Å²) in [6.07, 6.45) is 64.8. The summed E-state index contributed by atoms with van der Waals surface area (Å²) < 4.78 is 16.7. The van der Waals surface area contributed by atoms with Gasteiger partial charge in [0.25, 0.3) is 0 Å². The molecule has 65 heavy (non-hydrogen) atoms. The normalized spacial score (nSPS) is 12.2. The molecule has 6 nitrogen and oxygen atoms in total. The molecular weight excluding hydrogens is 805 g/mol. The average Bonchev–Trinajstić information content (AvgIpc) is 3.30. The number of rotatable bonds is 52. The monoisotopic (exact) mass is 913 g/mol. The lowest BCUT2D eigenvalue weighted by molar-refractivity contribution is -0.167. The number of hydrogen-bond donors (Lipinski definition) is 0. The van der Waals surface area contributed by atoms with Crippen LogP contribution in [0.5, 0.6) is 0 Å². The zero-order chi connectivity index (χ0) is 47.2. The second-order valence-electron chi connectivity index (χ2n) is 19.2. The molecule has 1 atom stereocenters. The molecule has 0 saturated carbocycles. The molecule has 0 heterocycles. The second-order valence-corrected chi connectivity index (χ2v) is 19.2. The predicted molar refractivity (Wildman–Crippen MR) is 279 cm³/mol. The van der Waals surface area contributed by atoms with Gasteiger partial charge < -0.3 is 14.2 Å². The van der Waals surface area contributed by atoms with Gasteiger partial charge in [-0.1, -0.05) is 269 Å². The van der Waals surface area contributed by atoms with E-state index in [1.54, 1.807) is 0 Å². The van der Waals surface area contributed by atoms with E-state index in [9.17, 15) is 14.4 Å².